The van der Waals surface area contributed by atoms with Gasteiger partial charge >= 0.3 is 0 Å². The first-order valence-corrected chi connectivity index (χ1v) is 8.09. The summed E-state index contributed by atoms with van der Waals surface area (Å²) in [6, 6.07) is 9.55. The second-order valence-electron chi connectivity index (χ2n) is 6.07. The van der Waals surface area contributed by atoms with Gasteiger partial charge in [-0.2, -0.15) is 5.10 Å². The zero-order chi connectivity index (χ0) is 17.4. The summed E-state index contributed by atoms with van der Waals surface area (Å²) in [7, 11) is 0. The molecule has 25 heavy (non-hydrogen) atoms. The molecule has 126 valence electrons. The number of aromatic amines is 1. The Bertz CT molecular complexity index is 1000. The Morgan fingerprint density at radius 2 is 2.04 bits per heavy atom. The lowest BCUT2D eigenvalue weighted by Crippen LogP contribution is -2.36. The fraction of sp³-hybridized carbons (Fsp3) is 0.222. The van der Waals surface area contributed by atoms with E-state index in [1.807, 2.05) is 17.0 Å². The Balaban J connectivity index is 1.63. The summed E-state index contributed by atoms with van der Waals surface area (Å²) in [5.41, 5.74) is 3.42. The van der Waals surface area contributed by atoms with Gasteiger partial charge in [-0.1, -0.05) is 24.3 Å². The van der Waals surface area contributed by atoms with Crippen LogP contribution in [0.4, 0.5) is 0 Å². The number of hydrogen-bond donors (Lipinski definition) is 1. The highest BCUT2D eigenvalue weighted by molar-refractivity contribution is 5.95. The third-order valence-electron chi connectivity index (χ3n) is 4.54. The summed E-state index contributed by atoms with van der Waals surface area (Å²) in [5.74, 6) is 0.340. The Morgan fingerprint density at radius 1 is 1.24 bits per heavy atom. The van der Waals surface area contributed by atoms with Gasteiger partial charge in [-0.15, -0.1) is 0 Å². The highest BCUT2D eigenvalue weighted by Gasteiger charge is 2.24. The molecule has 1 amide bonds. The zero-order valence-corrected chi connectivity index (χ0v) is 13.8. The van der Waals surface area contributed by atoms with E-state index in [-0.39, 0.29) is 11.5 Å². The molecule has 0 saturated carbocycles. The molecule has 0 spiro atoms. The fourth-order valence-corrected chi connectivity index (χ4v) is 3.16. The van der Waals surface area contributed by atoms with Crippen LogP contribution in [0.3, 0.4) is 0 Å². The number of aromatic nitrogens is 4. The van der Waals surface area contributed by atoms with Gasteiger partial charge in [-0.25, -0.2) is 9.67 Å². The molecule has 7 heteroatoms. The third kappa shape index (κ3) is 2.73. The maximum absolute atomic E-state index is 12.9. The molecule has 4 rings (SSSR count). The predicted molar refractivity (Wildman–Crippen MR) is 91.6 cm³/mol. The van der Waals surface area contributed by atoms with Crippen LogP contribution in [0.5, 0.6) is 0 Å². The number of benzene rings is 1. The second kappa shape index (κ2) is 6.01. The minimum atomic E-state index is -0.264. The number of amides is 1. The Kier molecular flexibility index (Phi) is 3.68. The van der Waals surface area contributed by atoms with E-state index in [2.05, 4.69) is 27.2 Å². The second-order valence-corrected chi connectivity index (χ2v) is 6.07. The number of rotatable bonds is 2. The monoisotopic (exact) mass is 335 g/mol. The van der Waals surface area contributed by atoms with Crippen LogP contribution in [0, 0.1) is 6.92 Å². The molecule has 2 aromatic heterocycles. The average molecular weight is 335 g/mol. The van der Waals surface area contributed by atoms with E-state index in [0.717, 1.165) is 6.42 Å². The van der Waals surface area contributed by atoms with Gasteiger partial charge in [0, 0.05) is 19.2 Å². The number of carbonyl (C=O) groups excluding carboxylic acids is 1. The van der Waals surface area contributed by atoms with Crippen molar-refractivity contribution in [2.45, 2.75) is 19.9 Å². The van der Waals surface area contributed by atoms with Crippen molar-refractivity contribution >= 4 is 5.91 Å². The number of carbonyl (C=O) groups is 1. The van der Waals surface area contributed by atoms with Crippen LogP contribution in [0.2, 0.25) is 0 Å². The molecule has 3 heterocycles. The number of fused-ring (bicyclic) bond motifs is 1. The molecule has 0 radical (unpaired) electrons. The molecule has 1 aromatic carbocycles. The van der Waals surface area contributed by atoms with Crippen LogP contribution in [0.25, 0.3) is 5.82 Å². The van der Waals surface area contributed by atoms with E-state index < -0.39 is 0 Å². The van der Waals surface area contributed by atoms with E-state index in [4.69, 9.17) is 0 Å². The smallest absolute Gasteiger partial charge is 0.257 e. The van der Waals surface area contributed by atoms with Crippen molar-refractivity contribution in [1.29, 1.82) is 0 Å². The Labute approximate surface area is 143 Å². The summed E-state index contributed by atoms with van der Waals surface area (Å²) >= 11 is 0. The standard InChI is InChI=1S/C18H17N5O2/c1-12-15(9-21-23(12)16-8-17(24)20-11-19-16)18(25)22-7-6-13-4-2-3-5-14(13)10-22/h2-5,8-9,11H,6-7,10H2,1H3,(H,19,20,24). The van der Waals surface area contributed by atoms with Gasteiger partial charge < -0.3 is 9.88 Å². The molecular weight excluding hydrogens is 318 g/mol. The lowest BCUT2D eigenvalue weighted by Gasteiger charge is -2.28. The summed E-state index contributed by atoms with van der Waals surface area (Å²) < 4.78 is 1.51. The van der Waals surface area contributed by atoms with Crippen molar-refractivity contribution in [3.63, 3.8) is 0 Å². The van der Waals surface area contributed by atoms with Gasteiger partial charge in [0.05, 0.1) is 23.8 Å². The topological polar surface area (TPSA) is 83.9 Å². The molecular formula is C18H17N5O2. The number of nitrogens with one attached hydrogen (secondary N) is 1. The Hall–Kier alpha value is -3.22. The van der Waals surface area contributed by atoms with Crippen LogP contribution >= 0.6 is 0 Å². The molecule has 0 saturated heterocycles. The van der Waals surface area contributed by atoms with Crippen LogP contribution in [-0.4, -0.2) is 37.1 Å². The first-order valence-electron chi connectivity index (χ1n) is 8.09. The molecule has 0 bridgehead atoms. The quantitative estimate of drug-likeness (QED) is 0.768. The van der Waals surface area contributed by atoms with Crippen LogP contribution in [0.15, 0.2) is 47.7 Å². The molecule has 7 nitrogen and oxygen atoms in total. The predicted octanol–water partition coefficient (Wildman–Crippen LogP) is 1.46. The third-order valence-corrected chi connectivity index (χ3v) is 4.54. The number of H-pyrrole nitrogens is 1. The molecule has 1 aliphatic heterocycles. The zero-order valence-electron chi connectivity index (χ0n) is 13.8. The van der Waals surface area contributed by atoms with E-state index in [0.29, 0.717) is 30.2 Å². The summed E-state index contributed by atoms with van der Waals surface area (Å²) in [6.45, 7) is 3.09. The fourth-order valence-electron chi connectivity index (χ4n) is 3.16. The van der Waals surface area contributed by atoms with Gasteiger partial charge in [0.2, 0.25) is 0 Å². The molecule has 1 aliphatic rings. The summed E-state index contributed by atoms with van der Waals surface area (Å²) in [6.07, 6.45) is 3.72. The van der Waals surface area contributed by atoms with E-state index in [9.17, 15) is 9.59 Å². The highest BCUT2D eigenvalue weighted by Crippen LogP contribution is 2.21. The van der Waals surface area contributed by atoms with E-state index >= 15 is 0 Å². The van der Waals surface area contributed by atoms with Crippen molar-refractivity contribution in [2.24, 2.45) is 0 Å². The SMILES string of the molecule is Cc1c(C(=O)N2CCc3ccccc3C2)cnn1-c1cc(=O)[nH]cn1. The molecule has 0 aliphatic carbocycles. The van der Waals surface area contributed by atoms with Gasteiger partial charge in [0.25, 0.3) is 11.5 Å². The maximum atomic E-state index is 12.9. The minimum Gasteiger partial charge on any atom is -0.334 e. The maximum Gasteiger partial charge on any atom is 0.257 e. The molecule has 0 atom stereocenters. The van der Waals surface area contributed by atoms with Crippen molar-refractivity contribution < 1.29 is 4.79 Å². The Morgan fingerprint density at radius 3 is 2.84 bits per heavy atom. The van der Waals surface area contributed by atoms with Crippen molar-refractivity contribution in [2.75, 3.05) is 6.54 Å². The summed E-state index contributed by atoms with van der Waals surface area (Å²) in [4.78, 5) is 32.8. The number of hydrogen-bond acceptors (Lipinski definition) is 4. The van der Waals surface area contributed by atoms with E-state index in [1.165, 1.54) is 28.2 Å². The normalized spacial score (nSPS) is 13.6. The molecule has 0 unspecified atom stereocenters. The van der Waals surface area contributed by atoms with Crippen LogP contribution in [0.1, 0.15) is 27.2 Å². The van der Waals surface area contributed by atoms with Gasteiger partial charge in [0.15, 0.2) is 5.82 Å². The molecule has 0 fully saturated rings. The lowest BCUT2D eigenvalue weighted by atomic mass is 9.99. The first-order chi connectivity index (χ1) is 12.1. The van der Waals surface area contributed by atoms with E-state index in [1.54, 1.807) is 13.1 Å². The largest absolute Gasteiger partial charge is 0.334 e. The van der Waals surface area contributed by atoms with Crippen molar-refractivity contribution in [3.05, 3.63) is 75.6 Å². The summed E-state index contributed by atoms with van der Waals surface area (Å²) in [5, 5.41) is 4.24. The van der Waals surface area contributed by atoms with Crippen molar-refractivity contribution in [1.82, 2.24) is 24.6 Å². The van der Waals surface area contributed by atoms with Crippen molar-refractivity contribution in [3.8, 4) is 5.82 Å². The highest BCUT2D eigenvalue weighted by atomic mass is 16.2. The van der Waals surface area contributed by atoms with Gasteiger partial charge in [-0.3, -0.25) is 9.59 Å². The van der Waals surface area contributed by atoms with Crippen LogP contribution in [-0.2, 0) is 13.0 Å². The number of nitrogens with zero attached hydrogens (tertiary/aromatic N) is 4. The molecule has 1 N–H and O–H groups in total. The average Bonchev–Trinajstić information content (AvgIpc) is 3.02. The lowest BCUT2D eigenvalue weighted by molar-refractivity contribution is 0.0734. The van der Waals surface area contributed by atoms with Gasteiger partial charge in [0.1, 0.15) is 0 Å². The molecule has 3 aromatic rings. The van der Waals surface area contributed by atoms with Crippen LogP contribution < -0.4 is 5.56 Å². The minimum absolute atomic E-state index is 0.0527. The first kappa shape index (κ1) is 15.3. The van der Waals surface area contributed by atoms with Gasteiger partial charge in [-0.05, 0) is 24.5 Å².